The van der Waals surface area contributed by atoms with Crippen molar-refractivity contribution < 1.29 is 9.47 Å². The van der Waals surface area contributed by atoms with E-state index in [-0.39, 0.29) is 6.10 Å². The second kappa shape index (κ2) is 8.01. The van der Waals surface area contributed by atoms with Crippen molar-refractivity contribution in [3.05, 3.63) is 52.8 Å². The van der Waals surface area contributed by atoms with Gasteiger partial charge in [0.15, 0.2) is 11.5 Å². The zero-order chi connectivity index (χ0) is 15.9. The summed E-state index contributed by atoms with van der Waals surface area (Å²) < 4.78 is 11.1. The Kier molecular flexibility index (Phi) is 6.04. The maximum atomic E-state index is 6.34. The lowest BCUT2D eigenvalue weighted by atomic mass is 10.2. The molecule has 5 heteroatoms. The van der Waals surface area contributed by atoms with Crippen molar-refractivity contribution in [2.24, 2.45) is 0 Å². The average Bonchev–Trinajstić information content (AvgIpc) is 2.50. The van der Waals surface area contributed by atoms with Gasteiger partial charge in [0.25, 0.3) is 0 Å². The molecule has 0 spiro atoms. The van der Waals surface area contributed by atoms with Gasteiger partial charge in [-0.25, -0.2) is 0 Å². The number of hydrogen-bond acceptors (Lipinski definition) is 4. The van der Waals surface area contributed by atoms with Crippen molar-refractivity contribution in [3.8, 4) is 11.5 Å². The molecular formula is C17H21ClN2O2. The predicted molar refractivity (Wildman–Crippen MR) is 88.5 cm³/mol. The number of methoxy groups -OCH3 is 1. The van der Waals surface area contributed by atoms with Gasteiger partial charge in [-0.3, -0.25) is 4.98 Å². The fraction of sp³-hybridized carbons (Fsp3) is 0.353. The first-order chi connectivity index (χ1) is 10.6. The lowest BCUT2D eigenvalue weighted by molar-refractivity contribution is 0.230. The van der Waals surface area contributed by atoms with Crippen molar-refractivity contribution in [2.75, 3.05) is 7.11 Å². The first-order valence-corrected chi connectivity index (χ1v) is 7.60. The molecule has 1 aromatic carbocycles. The minimum absolute atomic E-state index is 0.0700. The van der Waals surface area contributed by atoms with Crippen LogP contribution in [0, 0.1) is 0 Å². The Bertz CT molecular complexity index is 603. The normalized spacial score (nSPS) is 10.8. The Morgan fingerprint density at radius 3 is 2.50 bits per heavy atom. The summed E-state index contributed by atoms with van der Waals surface area (Å²) in [6, 6.07) is 7.69. The van der Waals surface area contributed by atoms with Crippen LogP contribution in [0.3, 0.4) is 0 Å². The summed E-state index contributed by atoms with van der Waals surface area (Å²) in [6.07, 6.45) is 3.64. The van der Waals surface area contributed by atoms with Crippen LogP contribution in [0.4, 0.5) is 0 Å². The van der Waals surface area contributed by atoms with Crippen LogP contribution in [0.2, 0.25) is 5.02 Å². The second-order valence-electron chi connectivity index (χ2n) is 5.22. The third-order valence-electron chi connectivity index (χ3n) is 3.09. The van der Waals surface area contributed by atoms with E-state index in [0.717, 1.165) is 12.1 Å². The quantitative estimate of drug-likeness (QED) is 0.842. The summed E-state index contributed by atoms with van der Waals surface area (Å²) in [6.45, 7) is 5.35. The highest BCUT2D eigenvalue weighted by Crippen LogP contribution is 2.34. The van der Waals surface area contributed by atoms with Crippen molar-refractivity contribution in [1.29, 1.82) is 0 Å². The number of ether oxygens (including phenoxy) is 2. The molecular weight excluding hydrogens is 300 g/mol. The summed E-state index contributed by atoms with van der Waals surface area (Å²) in [7, 11) is 1.63. The monoisotopic (exact) mass is 320 g/mol. The Morgan fingerprint density at radius 2 is 1.86 bits per heavy atom. The first kappa shape index (κ1) is 16.6. The van der Waals surface area contributed by atoms with Gasteiger partial charge in [-0.05, 0) is 43.2 Å². The zero-order valence-electron chi connectivity index (χ0n) is 13.1. The topological polar surface area (TPSA) is 43.4 Å². The molecule has 22 heavy (non-hydrogen) atoms. The van der Waals surface area contributed by atoms with Gasteiger partial charge in [-0.15, -0.1) is 0 Å². The molecule has 2 rings (SSSR count). The van der Waals surface area contributed by atoms with Gasteiger partial charge in [0.2, 0.25) is 0 Å². The molecule has 0 radical (unpaired) electrons. The van der Waals surface area contributed by atoms with E-state index in [4.69, 9.17) is 21.1 Å². The Balaban J connectivity index is 2.04. The molecule has 4 nitrogen and oxygen atoms in total. The summed E-state index contributed by atoms with van der Waals surface area (Å²) in [5.41, 5.74) is 2.15. The summed E-state index contributed by atoms with van der Waals surface area (Å²) >= 11 is 6.34. The van der Waals surface area contributed by atoms with Crippen LogP contribution >= 0.6 is 11.6 Å². The van der Waals surface area contributed by atoms with Gasteiger partial charge >= 0.3 is 0 Å². The molecule has 0 aliphatic carbocycles. The van der Waals surface area contributed by atoms with Gasteiger partial charge in [-0.2, -0.15) is 0 Å². The number of hydrogen-bond donors (Lipinski definition) is 1. The molecule has 0 saturated heterocycles. The molecule has 118 valence electrons. The maximum absolute atomic E-state index is 6.34. The largest absolute Gasteiger partial charge is 0.493 e. The van der Waals surface area contributed by atoms with Crippen LogP contribution in [-0.4, -0.2) is 18.2 Å². The Morgan fingerprint density at radius 1 is 1.14 bits per heavy atom. The molecule has 0 aliphatic rings. The van der Waals surface area contributed by atoms with Crippen molar-refractivity contribution in [1.82, 2.24) is 10.3 Å². The number of nitrogens with one attached hydrogen (secondary N) is 1. The highest BCUT2D eigenvalue weighted by Gasteiger charge is 2.11. The molecule has 1 N–H and O–H groups in total. The lowest BCUT2D eigenvalue weighted by Gasteiger charge is -2.16. The van der Waals surface area contributed by atoms with Crippen LogP contribution in [0.25, 0.3) is 0 Å². The zero-order valence-corrected chi connectivity index (χ0v) is 13.9. The molecule has 0 bridgehead atoms. The SMILES string of the molecule is COc1cc(CNCc2ccncc2)c(Cl)cc1OC(C)C. The van der Waals surface area contributed by atoms with E-state index in [2.05, 4.69) is 10.3 Å². The molecule has 0 amide bonds. The molecule has 2 aromatic rings. The fourth-order valence-corrected chi connectivity index (χ4v) is 2.28. The summed E-state index contributed by atoms with van der Waals surface area (Å²) in [4.78, 5) is 4.00. The van der Waals surface area contributed by atoms with E-state index in [1.807, 2.05) is 38.1 Å². The predicted octanol–water partition coefficient (Wildman–Crippen LogP) is 3.82. The number of pyridine rings is 1. The molecule has 1 heterocycles. The number of aromatic nitrogens is 1. The van der Waals surface area contributed by atoms with E-state index in [0.29, 0.717) is 23.1 Å². The smallest absolute Gasteiger partial charge is 0.163 e. The summed E-state index contributed by atoms with van der Waals surface area (Å²) in [5, 5.41) is 4.03. The van der Waals surface area contributed by atoms with Crippen molar-refractivity contribution >= 4 is 11.6 Å². The highest BCUT2D eigenvalue weighted by atomic mass is 35.5. The number of rotatable bonds is 7. The van der Waals surface area contributed by atoms with Crippen molar-refractivity contribution in [2.45, 2.75) is 33.0 Å². The molecule has 0 atom stereocenters. The van der Waals surface area contributed by atoms with Crippen LogP contribution in [0.15, 0.2) is 36.7 Å². The van der Waals surface area contributed by atoms with Crippen LogP contribution in [-0.2, 0) is 13.1 Å². The van der Waals surface area contributed by atoms with E-state index < -0.39 is 0 Å². The maximum Gasteiger partial charge on any atom is 0.163 e. The number of halogens is 1. The lowest BCUT2D eigenvalue weighted by Crippen LogP contribution is -2.13. The third kappa shape index (κ3) is 4.61. The van der Waals surface area contributed by atoms with Crippen LogP contribution in [0.5, 0.6) is 11.5 Å². The van der Waals surface area contributed by atoms with E-state index in [9.17, 15) is 0 Å². The van der Waals surface area contributed by atoms with Gasteiger partial charge in [0, 0.05) is 36.6 Å². The standard InChI is InChI=1S/C17H21ClN2O2/c1-12(2)22-17-9-15(18)14(8-16(17)21-3)11-20-10-13-4-6-19-7-5-13/h4-9,12,20H,10-11H2,1-3H3. The summed E-state index contributed by atoms with van der Waals surface area (Å²) in [5.74, 6) is 1.36. The second-order valence-corrected chi connectivity index (χ2v) is 5.63. The van der Waals surface area contributed by atoms with E-state index in [1.165, 1.54) is 5.56 Å². The minimum Gasteiger partial charge on any atom is -0.493 e. The van der Waals surface area contributed by atoms with Gasteiger partial charge in [-0.1, -0.05) is 11.6 Å². The van der Waals surface area contributed by atoms with Gasteiger partial charge in [0.05, 0.1) is 13.2 Å². The third-order valence-corrected chi connectivity index (χ3v) is 3.44. The van der Waals surface area contributed by atoms with E-state index in [1.54, 1.807) is 19.5 Å². The molecule has 1 aromatic heterocycles. The Labute approximate surface area is 136 Å². The number of benzene rings is 1. The van der Waals surface area contributed by atoms with Crippen LogP contribution in [0.1, 0.15) is 25.0 Å². The van der Waals surface area contributed by atoms with Crippen LogP contribution < -0.4 is 14.8 Å². The van der Waals surface area contributed by atoms with Gasteiger partial charge in [0.1, 0.15) is 0 Å². The van der Waals surface area contributed by atoms with Gasteiger partial charge < -0.3 is 14.8 Å². The average molecular weight is 321 g/mol. The molecule has 0 fully saturated rings. The van der Waals surface area contributed by atoms with E-state index >= 15 is 0 Å². The fourth-order valence-electron chi connectivity index (χ4n) is 2.06. The molecule has 0 unspecified atom stereocenters. The van der Waals surface area contributed by atoms with Crippen molar-refractivity contribution in [3.63, 3.8) is 0 Å². The number of nitrogens with zero attached hydrogens (tertiary/aromatic N) is 1. The highest BCUT2D eigenvalue weighted by molar-refractivity contribution is 6.31. The molecule has 0 aliphatic heterocycles. The Hall–Kier alpha value is -1.78. The minimum atomic E-state index is 0.0700. The molecule has 0 saturated carbocycles. The first-order valence-electron chi connectivity index (χ1n) is 7.23.